The third-order valence-electron chi connectivity index (χ3n) is 4.97. The average molecular weight is 311 g/mol. The van der Waals surface area contributed by atoms with Gasteiger partial charge in [-0.25, -0.2) is 0 Å². The molecule has 0 bridgehead atoms. The van der Waals surface area contributed by atoms with Gasteiger partial charge in [-0.15, -0.1) is 0 Å². The largest absolute Gasteiger partial charge is 0.469 e. The molecule has 0 N–H and O–H groups in total. The van der Waals surface area contributed by atoms with Crippen molar-refractivity contribution in [2.75, 3.05) is 20.2 Å². The van der Waals surface area contributed by atoms with Crippen LogP contribution in [0.5, 0.6) is 0 Å². The highest BCUT2D eigenvalue weighted by atomic mass is 16.5. The monoisotopic (exact) mass is 311 g/mol. The van der Waals surface area contributed by atoms with Gasteiger partial charge in [0.2, 0.25) is 5.91 Å². The highest BCUT2D eigenvalue weighted by Gasteiger charge is 2.42. The Balaban J connectivity index is 2.69. The molecule has 1 amide bonds. The number of nitrogens with zero attached hydrogens (tertiary/aromatic N) is 1. The highest BCUT2D eigenvalue weighted by Crippen LogP contribution is 2.37. The molecule has 128 valence electrons. The quantitative estimate of drug-likeness (QED) is 0.730. The lowest BCUT2D eigenvalue weighted by atomic mass is 9.74. The first-order valence-corrected chi connectivity index (χ1v) is 8.39. The molecule has 0 aromatic rings. The van der Waals surface area contributed by atoms with E-state index in [1.165, 1.54) is 7.11 Å². The number of ether oxygens (including phenoxy) is 1. The fourth-order valence-electron chi connectivity index (χ4n) is 3.73. The number of rotatable bonds is 5. The number of piperidine rings is 1. The second-order valence-corrected chi connectivity index (χ2v) is 8.31. The summed E-state index contributed by atoms with van der Waals surface area (Å²) in [5, 5.41) is 0. The molecule has 0 radical (unpaired) electrons. The van der Waals surface area contributed by atoms with Crippen LogP contribution in [-0.4, -0.2) is 37.0 Å². The van der Waals surface area contributed by atoms with Crippen molar-refractivity contribution in [3.63, 3.8) is 0 Å². The predicted molar refractivity (Wildman–Crippen MR) is 88.3 cm³/mol. The Morgan fingerprint density at radius 1 is 1.09 bits per heavy atom. The van der Waals surface area contributed by atoms with Crippen LogP contribution in [-0.2, 0) is 14.3 Å². The van der Waals surface area contributed by atoms with Crippen LogP contribution in [0.2, 0.25) is 0 Å². The molecule has 22 heavy (non-hydrogen) atoms. The molecule has 0 atom stereocenters. The summed E-state index contributed by atoms with van der Waals surface area (Å²) in [6.07, 6.45) is 2.66. The third-order valence-corrected chi connectivity index (χ3v) is 4.97. The summed E-state index contributed by atoms with van der Waals surface area (Å²) in [5.74, 6) is 1.31. The second kappa shape index (κ2) is 7.01. The zero-order valence-electron chi connectivity index (χ0n) is 15.4. The van der Waals surface area contributed by atoms with Crippen LogP contribution >= 0.6 is 0 Å². The first kappa shape index (κ1) is 19.0. The van der Waals surface area contributed by atoms with E-state index in [1.807, 2.05) is 32.6 Å². The van der Waals surface area contributed by atoms with Crippen LogP contribution in [0.4, 0.5) is 0 Å². The van der Waals surface area contributed by atoms with Gasteiger partial charge in [0.1, 0.15) is 0 Å². The van der Waals surface area contributed by atoms with Crippen molar-refractivity contribution in [3.05, 3.63) is 0 Å². The predicted octanol–water partition coefficient (Wildman–Crippen LogP) is 3.50. The van der Waals surface area contributed by atoms with Gasteiger partial charge in [0, 0.05) is 18.5 Å². The van der Waals surface area contributed by atoms with Crippen molar-refractivity contribution < 1.29 is 14.3 Å². The van der Waals surface area contributed by atoms with Gasteiger partial charge < -0.3 is 9.64 Å². The molecule has 1 heterocycles. The number of hydrogen-bond acceptors (Lipinski definition) is 3. The van der Waals surface area contributed by atoms with E-state index in [-0.39, 0.29) is 11.9 Å². The first-order valence-electron chi connectivity index (χ1n) is 8.39. The van der Waals surface area contributed by atoms with Crippen molar-refractivity contribution in [2.24, 2.45) is 22.7 Å². The minimum atomic E-state index is -0.649. The topological polar surface area (TPSA) is 46.6 Å². The van der Waals surface area contributed by atoms with Crippen LogP contribution in [0, 0.1) is 22.7 Å². The van der Waals surface area contributed by atoms with Crippen molar-refractivity contribution >= 4 is 11.9 Å². The maximum Gasteiger partial charge on any atom is 0.311 e. The van der Waals surface area contributed by atoms with E-state index in [0.717, 1.165) is 31.8 Å². The van der Waals surface area contributed by atoms with Crippen LogP contribution in [0.1, 0.15) is 60.8 Å². The van der Waals surface area contributed by atoms with Gasteiger partial charge in [-0.1, -0.05) is 27.7 Å². The Kier molecular flexibility index (Phi) is 6.05. The molecule has 1 aliphatic heterocycles. The highest BCUT2D eigenvalue weighted by molar-refractivity contribution is 5.84. The van der Waals surface area contributed by atoms with E-state index in [2.05, 4.69) is 13.8 Å². The zero-order chi connectivity index (χ0) is 17.1. The zero-order valence-corrected chi connectivity index (χ0v) is 15.4. The van der Waals surface area contributed by atoms with E-state index >= 15 is 0 Å². The molecule has 0 saturated carbocycles. The van der Waals surface area contributed by atoms with E-state index in [9.17, 15) is 9.59 Å². The fraction of sp³-hybridized carbons (Fsp3) is 0.889. The molecule has 1 saturated heterocycles. The molecule has 0 aromatic carbocycles. The van der Waals surface area contributed by atoms with Crippen molar-refractivity contribution in [1.82, 2.24) is 4.90 Å². The van der Waals surface area contributed by atoms with Gasteiger partial charge in [0.25, 0.3) is 0 Å². The van der Waals surface area contributed by atoms with Gasteiger partial charge in [-0.05, 0) is 44.9 Å². The number of likely N-dealkylation sites (tertiary alicyclic amines) is 1. The average Bonchev–Trinajstić information content (AvgIpc) is 2.44. The molecule has 0 aromatic heterocycles. The van der Waals surface area contributed by atoms with Crippen molar-refractivity contribution in [2.45, 2.75) is 60.8 Å². The molecule has 4 nitrogen and oxygen atoms in total. The number of methoxy groups -OCH3 is 1. The van der Waals surface area contributed by atoms with Crippen LogP contribution in [0.25, 0.3) is 0 Å². The lowest BCUT2D eigenvalue weighted by Gasteiger charge is -2.40. The SMILES string of the molecule is COC(=O)C(C)(C)CC(C)(C)C(=O)N1CCC(C(C)C)CC1. The van der Waals surface area contributed by atoms with Gasteiger partial charge in [-0.3, -0.25) is 9.59 Å². The van der Waals surface area contributed by atoms with Crippen molar-refractivity contribution in [1.29, 1.82) is 0 Å². The molecule has 4 heteroatoms. The molecule has 1 rings (SSSR count). The number of carbonyl (C=O) groups excluding carboxylic acids is 2. The Labute approximate surface area is 135 Å². The molecule has 1 aliphatic rings. The maximum atomic E-state index is 12.9. The molecule has 1 fully saturated rings. The molecular formula is C18H33NO3. The summed E-state index contributed by atoms with van der Waals surface area (Å²) >= 11 is 0. The minimum absolute atomic E-state index is 0.159. The molecule has 0 aliphatic carbocycles. The number of carbonyl (C=O) groups is 2. The summed E-state index contributed by atoms with van der Waals surface area (Å²) in [7, 11) is 1.40. The van der Waals surface area contributed by atoms with E-state index in [1.54, 1.807) is 0 Å². The lowest BCUT2D eigenvalue weighted by Crippen LogP contribution is -2.47. The van der Waals surface area contributed by atoms with Crippen LogP contribution in [0.3, 0.4) is 0 Å². The summed E-state index contributed by atoms with van der Waals surface area (Å²) in [6, 6.07) is 0. The molecular weight excluding hydrogens is 278 g/mol. The number of amides is 1. The number of esters is 1. The summed E-state index contributed by atoms with van der Waals surface area (Å²) in [6.45, 7) is 13.8. The number of hydrogen-bond donors (Lipinski definition) is 0. The van der Waals surface area contributed by atoms with Gasteiger partial charge >= 0.3 is 5.97 Å². The lowest BCUT2D eigenvalue weighted by molar-refractivity contribution is -0.155. The maximum absolute atomic E-state index is 12.9. The first-order chi connectivity index (χ1) is 10.0. The fourth-order valence-corrected chi connectivity index (χ4v) is 3.73. The summed E-state index contributed by atoms with van der Waals surface area (Å²) in [5.41, 5.74) is -1.20. The third kappa shape index (κ3) is 4.47. The standard InChI is InChI=1S/C18H33NO3/c1-13(2)14-8-10-19(11-9-14)15(20)17(3,4)12-18(5,6)16(21)22-7/h13-14H,8-12H2,1-7H3. The van der Waals surface area contributed by atoms with E-state index < -0.39 is 10.8 Å². The Morgan fingerprint density at radius 2 is 1.59 bits per heavy atom. The Hall–Kier alpha value is -1.06. The molecule has 0 spiro atoms. The van der Waals surface area contributed by atoms with Gasteiger partial charge in [0.05, 0.1) is 12.5 Å². The summed E-state index contributed by atoms with van der Waals surface area (Å²) < 4.78 is 4.86. The minimum Gasteiger partial charge on any atom is -0.469 e. The Bertz CT molecular complexity index is 405. The normalized spacial score (nSPS) is 17.7. The van der Waals surface area contributed by atoms with E-state index in [0.29, 0.717) is 12.3 Å². The van der Waals surface area contributed by atoms with E-state index in [4.69, 9.17) is 4.74 Å². The smallest absolute Gasteiger partial charge is 0.311 e. The van der Waals surface area contributed by atoms with Crippen LogP contribution in [0.15, 0.2) is 0 Å². The Morgan fingerprint density at radius 3 is 2.00 bits per heavy atom. The second-order valence-electron chi connectivity index (χ2n) is 8.31. The van der Waals surface area contributed by atoms with Gasteiger partial charge in [-0.2, -0.15) is 0 Å². The van der Waals surface area contributed by atoms with Crippen molar-refractivity contribution in [3.8, 4) is 0 Å². The van der Waals surface area contributed by atoms with Gasteiger partial charge in [0.15, 0.2) is 0 Å². The summed E-state index contributed by atoms with van der Waals surface area (Å²) in [4.78, 5) is 26.7. The molecule has 0 unspecified atom stereocenters. The van der Waals surface area contributed by atoms with Crippen LogP contribution < -0.4 is 0 Å².